The number of nitrogen functional groups attached to an aromatic ring is 2. The van der Waals surface area contributed by atoms with Gasteiger partial charge in [-0.1, -0.05) is 13.0 Å². The zero-order chi connectivity index (χ0) is 16.1. The quantitative estimate of drug-likeness (QED) is 0.623. The van der Waals surface area contributed by atoms with Gasteiger partial charge in [0.15, 0.2) is 0 Å². The number of aryl methyl sites for hydroxylation is 2. The summed E-state index contributed by atoms with van der Waals surface area (Å²) in [5, 5.41) is 0. The zero-order valence-corrected chi connectivity index (χ0v) is 13.4. The lowest BCUT2D eigenvalue weighted by Gasteiger charge is -2.21. The van der Waals surface area contributed by atoms with Crippen molar-refractivity contribution in [1.82, 2.24) is 0 Å². The van der Waals surface area contributed by atoms with Crippen LogP contribution < -0.4 is 20.9 Å². The molecule has 0 radical (unpaired) electrons. The predicted molar refractivity (Wildman–Crippen MR) is 91.1 cm³/mol. The van der Waals surface area contributed by atoms with Crippen molar-refractivity contribution >= 4 is 11.4 Å². The molecule has 1 unspecified atom stereocenters. The summed E-state index contributed by atoms with van der Waals surface area (Å²) < 4.78 is 11.9. The normalized spacial score (nSPS) is 12.0. The fourth-order valence-corrected chi connectivity index (χ4v) is 2.09. The van der Waals surface area contributed by atoms with Gasteiger partial charge in [-0.15, -0.1) is 0 Å². The first-order valence-corrected chi connectivity index (χ1v) is 7.55. The first-order chi connectivity index (χ1) is 10.5. The number of ether oxygens (including phenoxy) is 2. The molecule has 22 heavy (non-hydrogen) atoms. The molecule has 0 spiro atoms. The Morgan fingerprint density at radius 2 is 1.50 bits per heavy atom. The van der Waals surface area contributed by atoms with E-state index in [2.05, 4.69) is 6.92 Å². The van der Waals surface area contributed by atoms with Gasteiger partial charge in [-0.3, -0.25) is 0 Å². The maximum Gasteiger partial charge on any atom is 0.241 e. The van der Waals surface area contributed by atoms with Crippen LogP contribution in [0.1, 0.15) is 30.9 Å². The number of hydrogen-bond donors (Lipinski definition) is 2. The van der Waals surface area contributed by atoms with E-state index in [-0.39, 0.29) is 6.29 Å². The lowest BCUT2D eigenvalue weighted by Crippen LogP contribution is -2.23. The molecule has 0 fully saturated rings. The van der Waals surface area contributed by atoms with Gasteiger partial charge in [-0.05, 0) is 55.7 Å². The molecule has 4 heteroatoms. The highest BCUT2D eigenvalue weighted by molar-refractivity contribution is 5.51. The fraction of sp³-hybridized carbons (Fsp3) is 0.333. The summed E-state index contributed by atoms with van der Waals surface area (Å²) in [5.41, 5.74) is 15.3. The van der Waals surface area contributed by atoms with E-state index in [0.29, 0.717) is 5.75 Å². The molecule has 0 saturated heterocycles. The number of nitrogens with two attached hydrogens (primary N) is 2. The summed E-state index contributed by atoms with van der Waals surface area (Å²) in [6.07, 6.45) is 1.40. The van der Waals surface area contributed by atoms with Crippen molar-refractivity contribution in [2.24, 2.45) is 0 Å². The van der Waals surface area contributed by atoms with Gasteiger partial charge in [-0.2, -0.15) is 0 Å². The van der Waals surface area contributed by atoms with Gasteiger partial charge in [0.25, 0.3) is 0 Å². The van der Waals surface area contributed by atoms with Crippen molar-refractivity contribution in [3.05, 3.63) is 47.5 Å². The monoisotopic (exact) mass is 300 g/mol. The van der Waals surface area contributed by atoms with Gasteiger partial charge in [0.1, 0.15) is 11.5 Å². The first-order valence-electron chi connectivity index (χ1n) is 7.55. The second kappa shape index (κ2) is 7.07. The van der Waals surface area contributed by atoms with Crippen LogP contribution in [0.15, 0.2) is 36.4 Å². The molecule has 4 nitrogen and oxygen atoms in total. The molecule has 1 atom stereocenters. The molecular formula is C18H24N2O2. The van der Waals surface area contributed by atoms with Crippen molar-refractivity contribution in [1.29, 1.82) is 0 Å². The van der Waals surface area contributed by atoms with Gasteiger partial charge >= 0.3 is 0 Å². The van der Waals surface area contributed by atoms with Crippen LogP contribution in [0.2, 0.25) is 0 Å². The molecule has 0 aliphatic carbocycles. The molecule has 0 amide bonds. The molecule has 0 aliphatic heterocycles. The molecule has 0 heterocycles. The summed E-state index contributed by atoms with van der Waals surface area (Å²) in [7, 11) is 0. The van der Waals surface area contributed by atoms with Gasteiger partial charge in [0, 0.05) is 23.9 Å². The van der Waals surface area contributed by atoms with Gasteiger partial charge in [-0.25, -0.2) is 0 Å². The molecule has 118 valence electrons. The van der Waals surface area contributed by atoms with Crippen molar-refractivity contribution in [2.75, 3.05) is 11.5 Å². The SMILES string of the molecule is CCCC(Oc1ccc(N)c(C)c1)Oc1ccc(C)c(N)c1. The fourth-order valence-electron chi connectivity index (χ4n) is 2.09. The van der Waals surface area contributed by atoms with Crippen LogP contribution in [0.4, 0.5) is 11.4 Å². The van der Waals surface area contributed by atoms with E-state index in [1.165, 1.54) is 0 Å². The molecule has 2 aromatic carbocycles. The third-order valence-corrected chi connectivity index (χ3v) is 3.55. The summed E-state index contributed by atoms with van der Waals surface area (Å²) in [5.74, 6) is 1.47. The van der Waals surface area contributed by atoms with E-state index in [1.807, 2.05) is 50.2 Å². The Kier molecular flexibility index (Phi) is 5.15. The second-order valence-electron chi connectivity index (χ2n) is 5.49. The summed E-state index contributed by atoms with van der Waals surface area (Å²) in [6.45, 7) is 6.02. The third kappa shape index (κ3) is 4.07. The lowest BCUT2D eigenvalue weighted by atomic mass is 10.2. The molecule has 4 N–H and O–H groups in total. The molecule has 0 saturated carbocycles. The second-order valence-corrected chi connectivity index (χ2v) is 5.49. The van der Waals surface area contributed by atoms with E-state index in [9.17, 15) is 0 Å². The summed E-state index contributed by atoms with van der Waals surface area (Å²) in [4.78, 5) is 0. The van der Waals surface area contributed by atoms with Crippen LogP contribution in [-0.4, -0.2) is 6.29 Å². The Labute approximate surface area is 132 Å². The topological polar surface area (TPSA) is 70.5 Å². The van der Waals surface area contributed by atoms with Crippen LogP contribution in [0.5, 0.6) is 11.5 Å². The smallest absolute Gasteiger partial charge is 0.241 e. The Bertz CT molecular complexity index is 587. The Morgan fingerprint density at radius 1 is 0.864 bits per heavy atom. The zero-order valence-electron chi connectivity index (χ0n) is 13.4. The third-order valence-electron chi connectivity index (χ3n) is 3.55. The average molecular weight is 300 g/mol. The summed E-state index contributed by atoms with van der Waals surface area (Å²) in [6, 6.07) is 11.3. The largest absolute Gasteiger partial charge is 0.455 e. The molecule has 0 aromatic heterocycles. The maximum atomic E-state index is 5.95. The molecule has 2 aromatic rings. The van der Waals surface area contributed by atoms with Crippen LogP contribution in [0.25, 0.3) is 0 Å². The average Bonchev–Trinajstić information content (AvgIpc) is 2.47. The Morgan fingerprint density at radius 3 is 2.09 bits per heavy atom. The van der Waals surface area contributed by atoms with Crippen LogP contribution in [0, 0.1) is 13.8 Å². The highest BCUT2D eigenvalue weighted by Crippen LogP contribution is 2.24. The Balaban J connectivity index is 2.11. The predicted octanol–water partition coefficient (Wildman–Crippen LogP) is 4.05. The highest BCUT2D eigenvalue weighted by atomic mass is 16.7. The van der Waals surface area contributed by atoms with Crippen molar-refractivity contribution < 1.29 is 9.47 Å². The molecule has 2 rings (SSSR count). The minimum atomic E-state index is -0.352. The lowest BCUT2D eigenvalue weighted by molar-refractivity contribution is -0.00102. The Hall–Kier alpha value is -2.36. The standard InChI is InChI=1S/C18H24N2O2/c1-4-5-18(21-14-8-9-16(19)13(3)10-14)22-15-7-6-12(2)17(20)11-15/h6-11,18H,4-5,19-20H2,1-3H3. The van der Waals surface area contributed by atoms with Crippen molar-refractivity contribution in [3.63, 3.8) is 0 Å². The van der Waals surface area contributed by atoms with Gasteiger partial charge in [0.05, 0.1) is 0 Å². The molecule has 0 bridgehead atoms. The first kappa shape index (κ1) is 16.0. The van der Waals surface area contributed by atoms with E-state index >= 15 is 0 Å². The number of benzene rings is 2. The van der Waals surface area contributed by atoms with Crippen LogP contribution in [0.3, 0.4) is 0 Å². The van der Waals surface area contributed by atoms with E-state index < -0.39 is 0 Å². The van der Waals surface area contributed by atoms with Crippen LogP contribution in [-0.2, 0) is 0 Å². The van der Waals surface area contributed by atoms with Crippen LogP contribution >= 0.6 is 0 Å². The van der Waals surface area contributed by atoms with E-state index in [0.717, 1.165) is 41.1 Å². The number of rotatable bonds is 6. The van der Waals surface area contributed by atoms with Gasteiger partial charge < -0.3 is 20.9 Å². The summed E-state index contributed by atoms with van der Waals surface area (Å²) >= 11 is 0. The van der Waals surface area contributed by atoms with Gasteiger partial charge in [0.2, 0.25) is 6.29 Å². The highest BCUT2D eigenvalue weighted by Gasteiger charge is 2.12. The number of anilines is 2. The van der Waals surface area contributed by atoms with Crippen molar-refractivity contribution in [3.8, 4) is 11.5 Å². The van der Waals surface area contributed by atoms with E-state index in [1.54, 1.807) is 0 Å². The molecule has 0 aliphatic rings. The minimum absolute atomic E-state index is 0.352. The number of hydrogen-bond acceptors (Lipinski definition) is 4. The maximum absolute atomic E-state index is 5.95. The van der Waals surface area contributed by atoms with Crippen molar-refractivity contribution in [2.45, 2.75) is 39.9 Å². The minimum Gasteiger partial charge on any atom is -0.455 e. The van der Waals surface area contributed by atoms with E-state index in [4.69, 9.17) is 20.9 Å². The molecular weight excluding hydrogens is 276 g/mol.